The summed E-state index contributed by atoms with van der Waals surface area (Å²) in [7, 11) is -3.46. The largest absolute Gasteiger partial charge is 0.460 e. The molecule has 1 aromatic carbocycles. The number of unbranched alkanes of at least 4 members (excludes halogenated alkanes) is 1. The molecule has 0 radical (unpaired) electrons. The molecule has 4 amide bonds. The van der Waals surface area contributed by atoms with E-state index in [0.717, 1.165) is 17.5 Å². The zero-order valence-corrected chi connectivity index (χ0v) is 51.0. The van der Waals surface area contributed by atoms with E-state index >= 15 is 0 Å². The second kappa shape index (κ2) is 42.4. The van der Waals surface area contributed by atoms with Crippen LogP contribution in [0.25, 0.3) is 0 Å². The predicted molar refractivity (Wildman–Crippen MR) is 308 cm³/mol. The fourth-order valence-electron chi connectivity index (χ4n) is 6.83. The Labute approximate surface area is 498 Å². The third-order valence-corrected chi connectivity index (χ3v) is 12.4. The van der Waals surface area contributed by atoms with Crippen LogP contribution < -0.4 is 21.3 Å². The second-order valence-electron chi connectivity index (χ2n) is 20.5. The first-order valence-corrected chi connectivity index (χ1v) is 30.1. The van der Waals surface area contributed by atoms with Crippen molar-refractivity contribution >= 4 is 50.9 Å². The lowest BCUT2D eigenvalue weighted by molar-refractivity contribution is -0.154. The number of carbonyl (C=O) groups excluding carboxylic acids is 6. The first-order chi connectivity index (χ1) is 40.7. The van der Waals surface area contributed by atoms with Crippen LogP contribution >= 0.6 is 0 Å². The molecule has 0 aliphatic carbocycles. The van der Waals surface area contributed by atoms with Gasteiger partial charge < -0.3 is 68.6 Å². The summed E-state index contributed by atoms with van der Waals surface area (Å²) in [6.07, 6.45) is 7.96. The summed E-state index contributed by atoms with van der Waals surface area (Å²) >= 11 is 0. The molecule has 0 saturated carbocycles. The zero-order valence-electron chi connectivity index (χ0n) is 50.2. The lowest BCUT2D eigenvalue weighted by atomic mass is 9.97. The lowest BCUT2D eigenvalue weighted by Gasteiger charge is -2.23. The Hall–Kier alpha value is -6.39. The van der Waals surface area contributed by atoms with Crippen LogP contribution in [0.4, 0.5) is 5.69 Å². The average Bonchev–Trinajstić information content (AvgIpc) is 4.12. The molecule has 0 spiro atoms. The molecule has 0 unspecified atom stereocenters. The Bertz CT molecular complexity index is 2610. The van der Waals surface area contributed by atoms with Crippen molar-refractivity contribution in [1.82, 2.24) is 40.9 Å². The molecule has 28 heteroatoms. The van der Waals surface area contributed by atoms with Crippen LogP contribution in [0, 0.1) is 23.2 Å². The number of esters is 1. The van der Waals surface area contributed by atoms with Crippen LogP contribution in [-0.4, -0.2) is 213 Å². The van der Waals surface area contributed by atoms with Crippen molar-refractivity contribution < 1.29 is 84.6 Å². The van der Waals surface area contributed by atoms with Crippen molar-refractivity contribution in [2.45, 2.75) is 104 Å². The molecule has 2 atom stereocenters. The number of aromatic nitrogens is 5. The molecule has 27 nitrogen and oxygen atoms in total. The molecule has 0 aliphatic rings. The highest BCUT2D eigenvalue weighted by Gasteiger charge is 2.28. The summed E-state index contributed by atoms with van der Waals surface area (Å²) in [5.41, 5.74) is 1.84. The number of amides is 4. The number of nitrogens with zero attached hydrogens (tertiary/aromatic N) is 5. The van der Waals surface area contributed by atoms with Crippen molar-refractivity contribution in [3.8, 4) is 11.8 Å². The number of carbonyl (C=O) groups is 6. The number of ketones is 1. The molecule has 474 valence electrons. The van der Waals surface area contributed by atoms with E-state index in [4.69, 9.17) is 47.4 Å². The summed E-state index contributed by atoms with van der Waals surface area (Å²) in [6.45, 7) is 16.6. The van der Waals surface area contributed by atoms with Gasteiger partial charge in [-0.1, -0.05) is 43.0 Å². The van der Waals surface area contributed by atoms with Gasteiger partial charge >= 0.3 is 5.97 Å². The Morgan fingerprint density at radius 1 is 0.659 bits per heavy atom. The highest BCUT2D eigenvalue weighted by Crippen LogP contribution is 2.18. The van der Waals surface area contributed by atoms with E-state index in [9.17, 15) is 37.2 Å². The minimum Gasteiger partial charge on any atom is -0.460 e. The highest BCUT2D eigenvalue weighted by molar-refractivity contribution is 7.90. The van der Waals surface area contributed by atoms with Gasteiger partial charge in [0.05, 0.1) is 129 Å². The molecule has 2 aromatic heterocycles. The maximum Gasteiger partial charge on any atom is 0.311 e. The fourth-order valence-corrected chi connectivity index (χ4v) is 7.32. The molecule has 4 N–H and O–H groups in total. The maximum atomic E-state index is 13.1. The summed E-state index contributed by atoms with van der Waals surface area (Å²) in [5.74, 6) is 3.19. The number of anilines is 1. The molecule has 0 bridgehead atoms. The van der Waals surface area contributed by atoms with Crippen LogP contribution in [0.1, 0.15) is 84.0 Å². The maximum absolute atomic E-state index is 13.1. The van der Waals surface area contributed by atoms with Crippen LogP contribution in [0.5, 0.6) is 0 Å². The molecule has 0 fully saturated rings. The highest BCUT2D eigenvalue weighted by atomic mass is 32.2. The quantitative estimate of drug-likeness (QED) is 0.0271. The number of rotatable bonds is 46. The van der Waals surface area contributed by atoms with Crippen molar-refractivity contribution in [2.75, 3.05) is 137 Å². The average molecular weight is 1220 g/mol. The van der Waals surface area contributed by atoms with Crippen molar-refractivity contribution in [2.24, 2.45) is 11.3 Å². The van der Waals surface area contributed by atoms with E-state index in [-0.39, 0.29) is 49.2 Å². The van der Waals surface area contributed by atoms with Gasteiger partial charge in [0.15, 0.2) is 0 Å². The summed E-state index contributed by atoms with van der Waals surface area (Å²) in [4.78, 5) is 82.6. The summed E-state index contributed by atoms with van der Waals surface area (Å²) in [5, 5.41) is 18.6. The molecule has 0 aliphatic heterocycles. The molecule has 2 heterocycles. The van der Waals surface area contributed by atoms with E-state index in [1.165, 1.54) is 19.3 Å². The van der Waals surface area contributed by atoms with Gasteiger partial charge in [0.1, 0.15) is 37.7 Å². The van der Waals surface area contributed by atoms with E-state index in [0.29, 0.717) is 149 Å². The molecule has 3 aromatic rings. The molecular formula is C57H87N9O18S. The fraction of sp³-hybridized carbons (Fsp3) is 0.649. The van der Waals surface area contributed by atoms with Crippen molar-refractivity contribution in [3.63, 3.8) is 0 Å². The minimum atomic E-state index is -3.46. The first-order valence-electron chi connectivity index (χ1n) is 28.3. The number of ether oxygens (including phenoxy) is 10. The Kier molecular flexibility index (Phi) is 36.4. The smallest absolute Gasteiger partial charge is 0.311 e. The molecule has 85 heavy (non-hydrogen) atoms. The predicted octanol–water partition coefficient (Wildman–Crippen LogP) is 1.83. The van der Waals surface area contributed by atoms with E-state index in [1.807, 2.05) is 6.20 Å². The van der Waals surface area contributed by atoms with Gasteiger partial charge in [-0.25, -0.2) is 23.1 Å². The number of hydrogen-bond acceptors (Lipinski definition) is 22. The Balaban J connectivity index is 1.02. The van der Waals surface area contributed by atoms with Gasteiger partial charge in [-0.2, -0.15) is 0 Å². The van der Waals surface area contributed by atoms with Gasteiger partial charge in [-0.15, -0.1) is 5.10 Å². The van der Waals surface area contributed by atoms with Crippen LogP contribution in [0.2, 0.25) is 0 Å². The van der Waals surface area contributed by atoms with Gasteiger partial charge in [0.2, 0.25) is 38.6 Å². The van der Waals surface area contributed by atoms with Gasteiger partial charge in [0, 0.05) is 56.3 Å². The zero-order chi connectivity index (χ0) is 62.1. The Morgan fingerprint density at radius 2 is 1.19 bits per heavy atom. The summed E-state index contributed by atoms with van der Waals surface area (Å²) < 4.78 is 79.3. The number of sulfone groups is 1. The number of Topliss-reactive ketones (excluding diaryl/α,β-unsaturated/α-hetero) is 1. The van der Waals surface area contributed by atoms with E-state index in [1.54, 1.807) is 63.6 Å². The number of hydrogen-bond donors (Lipinski definition) is 4. The minimum absolute atomic E-state index is 0.0945. The third-order valence-electron chi connectivity index (χ3n) is 11.5. The normalized spacial score (nSPS) is 12.2. The van der Waals surface area contributed by atoms with Gasteiger partial charge in [-0.05, 0) is 64.2 Å². The van der Waals surface area contributed by atoms with Crippen LogP contribution in [-0.2, 0) is 106 Å². The monoisotopic (exact) mass is 1220 g/mol. The van der Waals surface area contributed by atoms with E-state index < -0.39 is 57.6 Å². The second-order valence-corrected chi connectivity index (χ2v) is 22.4. The standard InChI is InChI=1S/C57H87N9O18S/c1-43(2)52(54(71)61-44(3)53(70)62-47-15-13-45(14-16-47)40-84-55(72)57(4,5)6)63-51(69)42-83-41-50(68)58-19-21-75-23-25-77-27-29-79-31-33-81-35-36-82-34-32-80-30-28-78-26-24-76-22-20-66-39-48(64-65-66)17-18-49(67)12-10-8-9-11-46-37-59-56(60-38-46)85(7,73)74/h13-16,37-39,43-44,52H,8,10,12,17-36,40-42H2,1-7H3,(H,58,68)(H,61,71)(H,62,70)(H,63,69)/t44-,52-/m0/s1. The number of aryl methyl sites for hydroxylation is 1. The topological polar surface area (TPSA) is 333 Å². The van der Waals surface area contributed by atoms with Crippen molar-refractivity contribution in [1.29, 1.82) is 0 Å². The van der Waals surface area contributed by atoms with Crippen LogP contribution in [0.3, 0.4) is 0 Å². The van der Waals surface area contributed by atoms with Crippen LogP contribution in [0.15, 0.2) is 48.0 Å². The van der Waals surface area contributed by atoms with Gasteiger partial charge in [0.25, 0.3) is 0 Å². The summed E-state index contributed by atoms with van der Waals surface area (Å²) in [6, 6.07) is 4.85. The SMILES string of the molecule is CC(C)[C@H](NC(=O)COCC(=O)NCCOCCOCCOCCOCCOCCOCCOCCOCCn1cc(CCC(=O)CCCC#Cc2cnc(S(C)(=O)=O)nc2)nn1)C(=O)N[C@@H](C)C(=O)Nc1ccc(COC(=O)C(C)(C)C)cc1. The number of nitrogens with one attached hydrogen (secondary N) is 4. The molecular weight excluding hydrogens is 1130 g/mol. The van der Waals surface area contributed by atoms with Crippen molar-refractivity contribution in [3.05, 3.63) is 59.7 Å². The molecule has 3 rings (SSSR count). The third kappa shape index (κ3) is 35.0. The molecule has 0 saturated heterocycles. The lowest BCUT2D eigenvalue weighted by Crippen LogP contribution is -2.54. The van der Waals surface area contributed by atoms with Gasteiger partial charge in [-0.3, -0.25) is 28.8 Å². The first kappa shape index (κ1) is 72.9. The Morgan fingerprint density at radius 3 is 1.72 bits per heavy atom. The van der Waals surface area contributed by atoms with E-state index in [2.05, 4.69) is 53.4 Å². The number of benzene rings is 1.